The van der Waals surface area contributed by atoms with Crippen molar-refractivity contribution in [3.05, 3.63) is 61.5 Å². The Labute approximate surface area is 95.2 Å². The van der Waals surface area contributed by atoms with Crippen LogP contribution in [0, 0.1) is 6.92 Å². The number of nitrogens with zero attached hydrogens (tertiary/aromatic N) is 2. The van der Waals surface area contributed by atoms with Crippen molar-refractivity contribution in [2.45, 2.75) is 6.92 Å². The molecule has 2 nitrogen and oxygen atoms in total. The fourth-order valence-corrected chi connectivity index (χ4v) is 1.76. The molecule has 2 heteroatoms. The van der Waals surface area contributed by atoms with Crippen molar-refractivity contribution in [1.29, 1.82) is 0 Å². The van der Waals surface area contributed by atoms with Gasteiger partial charge in [-0.15, -0.1) is 0 Å². The monoisotopic (exact) mass is 210 g/mol. The molecule has 0 atom stereocenters. The van der Waals surface area contributed by atoms with E-state index in [0.717, 1.165) is 22.6 Å². The average Bonchev–Trinajstić information content (AvgIpc) is 2.62. The zero-order chi connectivity index (χ0) is 11.5. The van der Waals surface area contributed by atoms with E-state index < -0.39 is 0 Å². The number of imidazole rings is 1. The van der Waals surface area contributed by atoms with Crippen molar-refractivity contribution < 1.29 is 0 Å². The molecule has 1 aromatic heterocycles. The minimum Gasteiger partial charge on any atom is -0.297 e. The van der Waals surface area contributed by atoms with Crippen molar-refractivity contribution in [2.75, 3.05) is 0 Å². The van der Waals surface area contributed by atoms with Crippen LogP contribution in [0.5, 0.6) is 0 Å². The molecule has 1 heterocycles. The van der Waals surface area contributed by atoms with Gasteiger partial charge in [-0.05, 0) is 25.1 Å². The van der Waals surface area contributed by atoms with Gasteiger partial charge in [0.2, 0.25) is 0 Å². The van der Waals surface area contributed by atoms with Gasteiger partial charge in [0.1, 0.15) is 5.82 Å². The molecule has 0 unspecified atom stereocenters. The summed E-state index contributed by atoms with van der Waals surface area (Å²) in [6.07, 6.45) is 5.53. The Kier molecular flexibility index (Phi) is 2.73. The van der Waals surface area contributed by atoms with Gasteiger partial charge < -0.3 is 0 Å². The van der Waals surface area contributed by atoms with Crippen LogP contribution in [0.3, 0.4) is 0 Å². The lowest BCUT2D eigenvalue weighted by Gasteiger charge is -2.05. The maximum atomic E-state index is 4.48. The number of benzene rings is 1. The lowest BCUT2D eigenvalue weighted by Crippen LogP contribution is -1.95. The van der Waals surface area contributed by atoms with Crippen molar-refractivity contribution in [3.8, 4) is 0 Å². The van der Waals surface area contributed by atoms with Crippen molar-refractivity contribution in [2.24, 2.45) is 0 Å². The standard InChI is InChI=1S/C14H14N2/c1-4-5-8-11(2)16-12(3)15-13-9-6-7-10-14(13)16/h4-10H,1-2H2,3H3. The second-order valence-electron chi connectivity index (χ2n) is 3.57. The Morgan fingerprint density at radius 1 is 1.38 bits per heavy atom. The first kappa shape index (κ1) is 10.4. The Morgan fingerprint density at radius 2 is 2.12 bits per heavy atom. The molecule has 0 aliphatic rings. The molecule has 0 aliphatic carbocycles. The first-order valence-electron chi connectivity index (χ1n) is 5.16. The van der Waals surface area contributed by atoms with Crippen molar-refractivity contribution in [1.82, 2.24) is 9.55 Å². The summed E-state index contributed by atoms with van der Waals surface area (Å²) < 4.78 is 2.04. The molecule has 0 spiro atoms. The lowest BCUT2D eigenvalue weighted by molar-refractivity contribution is 1.03. The van der Waals surface area contributed by atoms with Crippen LogP contribution >= 0.6 is 0 Å². The van der Waals surface area contributed by atoms with Crippen LogP contribution in [0.1, 0.15) is 5.82 Å². The maximum absolute atomic E-state index is 4.48. The molecule has 0 saturated carbocycles. The quantitative estimate of drug-likeness (QED) is 0.708. The lowest BCUT2D eigenvalue weighted by atomic mass is 10.3. The third kappa shape index (κ3) is 1.70. The molecule has 0 saturated heterocycles. The van der Waals surface area contributed by atoms with Gasteiger partial charge in [-0.25, -0.2) is 4.98 Å². The van der Waals surface area contributed by atoms with Crippen molar-refractivity contribution in [3.63, 3.8) is 0 Å². The molecule has 80 valence electrons. The van der Waals surface area contributed by atoms with Gasteiger partial charge in [-0.3, -0.25) is 4.57 Å². The molecule has 2 rings (SSSR count). The van der Waals surface area contributed by atoms with Gasteiger partial charge in [-0.2, -0.15) is 0 Å². The second-order valence-corrected chi connectivity index (χ2v) is 3.57. The Balaban J connectivity index is 2.59. The molecule has 0 fully saturated rings. The Bertz CT molecular complexity index is 573. The zero-order valence-electron chi connectivity index (χ0n) is 9.35. The molecule has 2 aromatic rings. The van der Waals surface area contributed by atoms with E-state index in [1.165, 1.54) is 0 Å². The van der Waals surface area contributed by atoms with Crippen LogP contribution < -0.4 is 0 Å². The molecule has 0 N–H and O–H groups in total. The number of allylic oxidation sites excluding steroid dienone is 4. The number of fused-ring (bicyclic) bond motifs is 1. The van der Waals surface area contributed by atoms with Crippen molar-refractivity contribution >= 4 is 16.7 Å². The van der Waals surface area contributed by atoms with Gasteiger partial charge >= 0.3 is 0 Å². The highest BCUT2D eigenvalue weighted by Crippen LogP contribution is 2.19. The van der Waals surface area contributed by atoms with Crippen LogP contribution in [0.4, 0.5) is 0 Å². The molecule has 1 aromatic carbocycles. The van der Waals surface area contributed by atoms with Gasteiger partial charge in [-0.1, -0.05) is 37.4 Å². The summed E-state index contributed by atoms with van der Waals surface area (Å²) in [6, 6.07) is 8.04. The van der Waals surface area contributed by atoms with Gasteiger partial charge in [0.25, 0.3) is 0 Å². The first-order valence-corrected chi connectivity index (χ1v) is 5.16. The molecular formula is C14H14N2. The maximum Gasteiger partial charge on any atom is 0.111 e. The third-order valence-electron chi connectivity index (χ3n) is 2.44. The molecular weight excluding hydrogens is 196 g/mol. The van der Waals surface area contributed by atoms with E-state index in [1.807, 2.05) is 47.9 Å². The molecule has 0 radical (unpaired) electrons. The Hall–Kier alpha value is -2.09. The highest BCUT2D eigenvalue weighted by Gasteiger charge is 2.06. The highest BCUT2D eigenvalue weighted by molar-refractivity contribution is 5.81. The minimum atomic E-state index is 0.895. The summed E-state index contributed by atoms with van der Waals surface area (Å²) in [4.78, 5) is 4.48. The topological polar surface area (TPSA) is 17.8 Å². The normalized spacial score (nSPS) is 11.1. The van der Waals surface area contributed by atoms with Crippen LogP contribution in [0.15, 0.2) is 55.7 Å². The molecule has 0 aliphatic heterocycles. The fourth-order valence-electron chi connectivity index (χ4n) is 1.76. The van der Waals surface area contributed by atoms with Crippen LogP contribution in [-0.2, 0) is 0 Å². The average molecular weight is 210 g/mol. The minimum absolute atomic E-state index is 0.895. The van der Waals surface area contributed by atoms with E-state index in [1.54, 1.807) is 6.08 Å². The smallest absolute Gasteiger partial charge is 0.111 e. The van der Waals surface area contributed by atoms with E-state index in [0.29, 0.717) is 0 Å². The molecule has 16 heavy (non-hydrogen) atoms. The third-order valence-corrected chi connectivity index (χ3v) is 2.44. The summed E-state index contributed by atoms with van der Waals surface area (Å²) in [7, 11) is 0. The highest BCUT2D eigenvalue weighted by atomic mass is 15.1. The summed E-state index contributed by atoms with van der Waals surface area (Å²) >= 11 is 0. The Morgan fingerprint density at radius 3 is 2.88 bits per heavy atom. The van der Waals surface area contributed by atoms with E-state index in [4.69, 9.17) is 0 Å². The summed E-state index contributed by atoms with van der Waals surface area (Å²) in [5.74, 6) is 0.944. The van der Waals surface area contributed by atoms with Gasteiger partial charge in [0, 0.05) is 5.70 Å². The zero-order valence-corrected chi connectivity index (χ0v) is 9.35. The number of para-hydroxylation sites is 2. The van der Waals surface area contributed by atoms with E-state index in [-0.39, 0.29) is 0 Å². The molecule has 0 amide bonds. The second kappa shape index (κ2) is 4.19. The van der Waals surface area contributed by atoms with Gasteiger partial charge in [0.05, 0.1) is 11.0 Å². The van der Waals surface area contributed by atoms with Gasteiger partial charge in [0.15, 0.2) is 0 Å². The van der Waals surface area contributed by atoms with Crippen LogP contribution in [-0.4, -0.2) is 9.55 Å². The largest absolute Gasteiger partial charge is 0.297 e. The predicted octanol–water partition coefficient (Wildman–Crippen LogP) is 3.56. The van der Waals surface area contributed by atoms with E-state index >= 15 is 0 Å². The van der Waals surface area contributed by atoms with Crippen LogP contribution in [0.2, 0.25) is 0 Å². The summed E-state index contributed by atoms with van der Waals surface area (Å²) in [6.45, 7) is 9.66. The number of hydrogen-bond acceptors (Lipinski definition) is 1. The number of aromatic nitrogens is 2. The SMILES string of the molecule is C=CC=CC(=C)n1c(C)nc2ccccc21. The number of rotatable bonds is 3. The first-order chi connectivity index (χ1) is 7.74. The summed E-state index contributed by atoms with van der Waals surface area (Å²) in [5.41, 5.74) is 2.97. The van der Waals surface area contributed by atoms with E-state index in [9.17, 15) is 0 Å². The van der Waals surface area contributed by atoms with Crippen LogP contribution in [0.25, 0.3) is 16.7 Å². The molecule has 0 bridgehead atoms. The number of aryl methyl sites for hydroxylation is 1. The predicted molar refractivity (Wildman–Crippen MR) is 69.1 cm³/mol. The number of hydrogen-bond donors (Lipinski definition) is 0. The fraction of sp³-hybridized carbons (Fsp3) is 0.0714. The van der Waals surface area contributed by atoms with E-state index in [2.05, 4.69) is 18.1 Å². The summed E-state index contributed by atoms with van der Waals surface area (Å²) in [5, 5.41) is 0.